The van der Waals surface area contributed by atoms with Gasteiger partial charge >= 0.3 is 6.18 Å². The average Bonchev–Trinajstić information content (AvgIpc) is 2.57. The quantitative estimate of drug-likeness (QED) is 0.815. The highest BCUT2D eigenvalue weighted by Gasteiger charge is 2.47. The number of hydrogen-bond donors (Lipinski definition) is 1. The van der Waals surface area contributed by atoms with E-state index in [9.17, 15) is 22.0 Å². The highest BCUT2D eigenvalue weighted by molar-refractivity contribution is 5.78. The van der Waals surface area contributed by atoms with Gasteiger partial charge in [-0.3, -0.25) is 4.98 Å². The molecule has 1 aromatic heterocycles. The minimum Gasteiger partial charge on any atom is -0.397 e. The third-order valence-electron chi connectivity index (χ3n) is 4.37. The van der Waals surface area contributed by atoms with Crippen molar-refractivity contribution in [2.24, 2.45) is 5.92 Å². The fraction of sp³-hybridized carbons (Fsp3) is 0.353. The van der Waals surface area contributed by atoms with Gasteiger partial charge in [-0.2, -0.15) is 13.2 Å². The standard InChI is InChI=1S/C17H15F5N2O/c18-9-1-2-14(19)12(7-9)10-3-5-24-16(15(10)23)11-4-6-25-8-13(11)17(20,21)22/h1-3,5,7,11,13H,4,6,8,23H2/t11-,13+/m1/s1. The number of nitrogens with zero attached hydrogens (tertiary/aromatic N) is 1. The van der Waals surface area contributed by atoms with Crippen molar-refractivity contribution < 1.29 is 26.7 Å². The topological polar surface area (TPSA) is 48.1 Å². The van der Waals surface area contributed by atoms with Crippen LogP contribution in [0.15, 0.2) is 30.5 Å². The molecule has 3 rings (SSSR count). The Morgan fingerprint density at radius 1 is 1.12 bits per heavy atom. The fourth-order valence-corrected chi connectivity index (χ4v) is 3.11. The SMILES string of the molecule is Nc1c(-c2cc(F)ccc2F)ccnc1[C@@H]1CCOC[C@@H]1C(F)(F)F. The van der Waals surface area contributed by atoms with Gasteiger partial charge in [0.1, 0.15) is 11.6 Å². The van der Waals surface area contributed by atoms with Crippen LogP contribution in [0.5, 0.6) is 0 Å². The van der Waals surface area contributed by atoms with E-state index < -0.39 is 36.3 Å². The van der Waals surface area contributed by atoms with Crippen molar-refractivity contribution in [3.05, 3.63) is 47.8 Å². The van der Waals surface area contributed by atoms with Gasteiger partial charge in [-0.15, -0.1) is 0 Å². The Balaban J connectivity index is 2.08. The van der Waals surface area contributed by atoms with Crippen molar-refractivity contribution in [3.8, 4) is 11.1 Å². The van der Waals surface area contributed by atoms with Crippen molar-refractivity contribution in [1.29, 1.82) is 0 Å². The van der Waals surface area contributed by atoms with E-state index in [1.165, 1.54) is 12.3 Å². The molecule has 1 aromatic carbocycles. The van der Waals surface area contributed by atoms with Gasteiger partial charge in [0, 0.05) is 29.8 Å². The van der Waals surface area contributed by atoms with Crippen molar-refractivity contribution in [3.63, 3.8) is 0 Å². The second-order valence-electron chi connectivity index (χ2n) is 5.90. The molecular formula is C17H15F5N2O. The first-order valence-corrected chi connectivity index (χ1v) is 7.63. The predicted octanol–water partition coefficient (Wildman–Crippen LogP) is 4.29. The fourth-order valence-electron chi connectivity index (χ4n) is 3.11. The predicted molar refractivity (Wildman–Crippen MR) is 81.7 cm³/mol. The van der Waals surface area contributed by atoms with Gasteiger partial charge in [0.05, 0.1) is 23.9 Å². The molecule has 0 unspecified atom stereocenters. The van der Waals surface area contributed by atoms with Crippen LogP contribution in [-0.4, -0.2) is 24.4 Å². The second kappa shape index (κ2) is 6.59. The molecule has 25 heavy (non-hydrogen) atoms. The summed E-state index contributed by atoms with van der Waals surface area (Å²) in [4.78, 5) is 4.01. The lowest BCUT2D eigenvalue weighted by atomic mass is 9.83. The van der Waals surface area contributed by atoms with E-state index in [2.05, 4.69) is 4.98 Å². The Morgan fingerprint density at radius 3 is 2.60 bits per heavy atom. The summed E-state index contributed by atoms with van der Waals surface area (Å²) >= 11 is 0. The smallest absolute Gasteiger partial charge is 0.394 e. The number of nitrogens with two attached hydrogens (primary N) is 1. The summed E-state index contributed by atoms with van der Waals surface area (Å²) in [5, 5.41) is 0. The van der Waals surface area contributed by atoms with Crippen LogP contribution in [0.4, 0.5) is 27.6 Å². The first kappa shape index (κ1) is 17.6. The molecule has 2 heterocycles. The molecule has 0 saturated carbocycles. The molecular weight excluding hydrogens is 343 g/mol. The average molecular weight is 358 g/mol. The lowest BCUT2D eigenvalue weighted by molar-refractivity contribution is -0.206. The number of nitrogen functional groups attached to an aromatic ring is 1. The molecule has 8 heteroatoms. The third-order valence-corrected chi connectivity index (χ3v) is 4.37. The minimum atomic E-state index is -4.47. The lowest BCUT2D eigenvalue weighted by Crippen LogP contribution is -2.37. The van der Waals surface area contributed by atoms with Crippen molar-refractivity contribution in [1.82, 2.24) is 4.98 Å². The zero-order chi connectivity index (χ0) is 18.2. The first-order chi connectivity index (χ1) is 11.8. The van der Waals surface area contributed by atoms with E-state index in [1.807, 2.05) is 0 Å². The Morgan fingerprint density at radius 2 is 1.88 bits per heavy atom. The third kappa shape index (κ3) is 3.44. The number of pyridine rings is 1. The normalized spacial score (nSPS) is 21.3. The van der Waals surface area contributed by atoms with Gasteiger partial charge < -0.3 is 10.5 Å². The van der Waals surface area contributed by atoms with Gasteiger partial charge in [0.15, 0.2) is 0 Å². The number of anilines is 1. The summed E-state index contributed by atoms with van der Waals surface area (Å²) in [6.07, 6.45) is -3.12. The van der Waals surface area contributed by atoms with E-state index in [4.69, 9.17) is 10.5 Å². The Hall–Kier alpha value is -2.22. The zero-order valence-electron chi connectivity index (χ0n) is 13.0. The molecule has 3 nitrogen and oxygen atoms in total. The van der Waals surface area contributed by atoms with Crippen molar-refractivity contribution in [2.45, 2.75) is 18.5 Å². The van der Waals surface area contributed by atoms with E-state index in [1.54, 1.807) is 0 Å². The molecule has 0 aliphatic carbocycles. The maximum Gasteiger partial charge on any atom is 0.394 e. The molecule has 2 aromatic rings. The highest BCUT2D eigenvalue weighted by atomic mass is 19.4. The summed E-state index contributed by atoms with van der Waals surface area (Å²) in [6.45, 7) is -0.329. The summed E-state index contributed by atoms with van der Waals surface area (Å²) in [7, 11) is 0. The molecule has 0 amide bonds. The number of aromatic nitrogens is 1. The molecule has 0 radical (unpaired) electrons. The van der Waals surface area contributed by atoms with E-state index in [0.717, 1.165) is 18.2 Å². The molecule has 1 aliphatic rings. The van der Waals surface area contributed by atoms with Gasteiger partial charge in [0.25, 0.3) is 0 Å². The maximum absolute atomic E-state index is 14.0. The van der Waals surface area contributed by atoms with Crippen LogP contribution >= 0.6 is 0 Å². The zero-order valence-corrected chi connectivity index (χ0v) is 13.0. The first-order valence-electron chi connectivity index (χ1n) is 7.63. The number of ether oxygens (including phenoxy) is 1. The summed E-state index contributed by atoms with van der Waals surface area (Å²) in [6, 6.07) is 4.21. The molecule has 0 bridgehead atoms. The maximum atomic E-state index is 14.0. The summed E-state index contributed by atoms with van der Waals surface area (Å²) in [5.41, 5.74) is 5.97. The van der Waals surface area contributed by atoms with Crippen LogP contribution in [0.25, 0.3) is 11.1 Å². The van der Waals surface area contributed by atoms with Crippen LogP contribution in [0.1, 0.15) is 18.0 Å². The van der Waals surface area contributed by atoms with Crippen LogP contribution in [0.2, 0.25) is 0 Å². The van der Waals surface area contributed by atoms with Gasteiger partial charge in [-0.25, -0.2) is 8.78 Å². The van der Waals surface area contributed by atoms with Crippen molar-refractivity contribution >= 4 is 5.69 Å². The Kier molecular flexibility index (Phi) is 4.64. The number of rotatable bonds is 2. The van der Waals surface area contributed by atoms with E-state index in [0.29, 0.717) is 0 Å². The molecule has 1 saturated heterocycles. The highest BCUT2D eigenvalue weighted by Crippen LogP contribution is 2.44. The summed E-state index contributed by atoms with van der Waals surface area (Å²) < 4.78 is 72.3. The van der Waals surface area contributed by atoms with Gasteiger partial charge in [0.2, 0.25) is 0 Å². The monoisotopic (exact) mass is 358 g/mol. The second-order valence-corrected chi connectivity index (χ2v) is 5.90. The molecule has 2 N–H and O–H groups in total. The number of alkyl halides is 3. The van der Waals surface area contributed by atoms with Crippen LogP contribution < -0.4 is 5.73 Å². The van der Waals surface area contributed by atoms with Crippen molar-refractivity contribution in [2.75, 3.05) is 18.9 Å². The molecule has 0 spiro atoms. The number of halogens is 5. The minimum absolute atomic E-state index is 0.0341. The summed E-state index contributed by atoms with van der Waals surface area (Å²) in [5.74, 6) is -4.13. The molecule has 1 fully saturated rings. The van der Waals surface area contributed by atoms with Crippen LogP contribution in [0, 0.1) is 17.6 Å². The van der Waals surface area contributed by atoms with Crippen LogP contribution in [-0.2, 0) is 4.74 Å². The lowest BCUT2D eigenvalue weighted by Gasteiger charge is -2.33. The number of benzene rings is 1. The molecule has 2 atom stereocenters. The Bertz CT molecular complexity index is 778. The van der Waals surface area contributed by atoms with E-state index >= 15 is 0 Å². The van der Waals surface area contributed by atoms with Gasteiger partial charge in [-0.1, -0.05) is 0 Å². The molecule has 1 aliphatic heterocycles. The Labute approximate surface area is 140 Å². The number of hydrogen-bond acceptors (Lipinski definition) is 3. The van der Waals surface area contributed by atoms with Crippen LogP contribution in [0.3, 0.4) is 0 Å². The van der Waals surface area contributed by atoms with Gasteiger partial charge in [-0.05, 0) is 30.7 Å². The van der Waals surface area contributed by atoms with E-state index in [-0.39, 0.29) is 35.5 Å². The molecule has 134 valence electrons. The largest absolute Gasteiger partial charge is 0.397 e.